The molecule has 0 aromatic heterocycles. The van der Waals surface area contributed by atoms with Crippen molar-refractivity contribution in [3.05, 3.63) is 39.9 Å². The van der Waals surface area contributed by atoms with E-state index in [1.807, 2.05) is 0 Å². The Morgan fingerprint density at radius 2 is 1.94 bits per heavy atom. The number of hydrogen-bond acceptors (Lipinski definition) is 3. The Morgan fingerprint density at radius 3 is 2.38 bits per heavy atom. The van der Waals surface area contributed by atoms with Crippen LogP contribution in [0.5, 0.6) is 0 Å². The summed E-state index contributed by atoms with van der Waals surface area (Å²) in [6.07, 6.45) is 3.57. The first-order valence-corrected chi connectivity index (χ1v) is 5.43. The van der Waals surface area contributed by atoms with E-state index < -0.39 is 4.92 Å². The maximum absolute atomic E-state index is 11.7. The van der Waals surface area contributed by atoms with E-state index in [0.29, 0.717) is 6.42 Å². The average Bonchev–Trinajstić information content (AvgIpc) is 2.15. The predicted octanol–water partition coefficient (Wildman–Crippen LogP) is 2.51. The molecule has 0 bridgehead atoms. The number of benzene rings is 1. The molecule has 0 unspecified atom stereocenters. The highest BCUT2D eigenvalue weighted by Gasteiger charge is 2.24. The van der Waals surface area contributed by atoms with Crippen LogP contribution in [0.15, 0.2) is 24.3 Å². The third kappa shape index (κ3) is 2.27. The fourth-order valence-corrected chi connectivity index (χ4v) is 1.81. The molecule has 0 spiro atoms. The normalized spacial score (nSPS) is 15.5. The van der Waals surface area contributed by atoms with Crippen molar-refractivity contribution in [3.63, 3.8) is 0 Å². The van der Waals surface area contributed by atoms with Crippen LogP contribution in [-0.4, -0.2) is 10.7 Å². The molecule has 1 aromatic rings. The molecule has 0 atom stereocenters. The lowest BCUT2D eigenvalue weighted by Gasteiger charge is -2.23. The van der Waals surface area contributed by atoms with Gasteiger partial charge in [-0.2, -0.15) is 0 Å². The second kappa shape index (κ2) is 4.43. The van der Waals surface area contributed by atoms with E-state index >= 15 is 0 Å². The lowest BCUT2D eigenvalue weighted by molar-refractivity contribution is -0.384. The molecular formula is C12H13NO3. The van der Waals surface area contributed by atoms with Gasteiger partial charge in [0, 0.05) is 24.5 Å². The zero-order valence-corrected chi connectivity index (χ0v) is 8.89. The van der Waals surface area contributed by atoms with Crippen molar-refractivity contribution in [2.24, 2.45) is 5.92 Å². The zero-order valence-electron chi connectivity index (χ0n) is 8.89. The number of non-ortho nitro benzene ring substituents is 1. The van der Waals surface area contributed by atoms with Gasteiger partial charge in [0.05, 0.1) is 4.92 Å². The van der Waals surface area contributed by atoms with E-state index in [1.54, 1.807) is 12.1 Å². The Kier molecular flexibility index (Phi) is 2.99. The van der Waals surface area contributed by atoms with E-state index in [4.69, 9.17) is 0 Å². The van der Waals surface area contributed by atoms with Gasteiger partial charge in [0.2, 0.25) is 0 Å². The van der Waals surface area contributed by atoms with Crippen LogP contribution in [0.25, 0.3) is 0 Å². The monoisotopic (exact) mass is 219 g/mol. The van der Waals surface area contributed by atoms with Crippen LogP contribution in [0.4, 0.5) is 5.69 Å². The number of hydrogen-bond donors (Lipinski definition) is 0. The molecule has 0 radical (unpaired) electrons. The minimum atomic E-state index is -0.433. The minimum Gasteiger partial charge on any atom is -0.299 e. The van der Waals surface area contributed by atoms with Gasteiger partial charge in [0.1, 0.15) is 5.78 Å². The highest BCUT2D eigenvalue weighted by molar-refractivity contribution is 5.83. The van der Waals surface area contributed by atoms with Gasteiger partial charge in [0.25, 0.3) is 5.69 Å². The summed E-state index contributed by atoms with van der Waals surface area (Å²) in [7, 11) is 0. The highest BCUT2D eigenvalue weighted by Crippen LogP contribution is 2.28. The van der Waals surface area contributed by atoms with Crippen LogP contribution in [0.2, 0.25) is 0 Å². The van der Waals surface area contributed by atoms with Gasteiger partial charge in [-0.3, -0.25) is 14.9 Å². The smallest absolute Gasteiger partial charge is 0.269 e. The number of nitrogens with zero attached hydrogens (tertiary/aromatic N) is 1. The average molecular weight is 219 g/mol. The van der Waals surface area contributed by atoms with Crippen molar-refractivity contribution in [1.82, 2.24) is 0 Å². The number of nitro benzene ring substituents is 1. The maximum atomic E-state index is 11.7. The number of carbonyl (C=O) groups excluding carboxylic acids is 1. The van der Waals surface area contributed by atoms with Crippen LogP contribution >= 0.6 is 0 Å². The molecule has 84 valence electrons. The molecule has 2 rings (SSSR count). The summed E-state index contributed by atoms with van der Waals surface area (Å²) in [5.74, 6) is 0.496. The molecular weight excluding hydrogens is 206 g/mol. The fourth-order valence-electron chi connectivity index (χ4n) is 1.81. The summed E-state index contributed by atoms with van der Waals surface area (Å²) in [4.78, 5) is 21.7. The third-order valence-electron chi connectivity index (χ3n) is 3.09. The van der Waals surface area contributed by atoms with Crippen LogP contribution in [0, 0.1) is 16.0 Å². The summed E-state index contributed by atoms with van der Waals surface area (Å²) in [6, 6.07) is 6.22. The predicted molar refractivity (Wildman–Crippen MR) is 59.1 cm³/mol. The number of carbonyl (C=O) groups is 1. The van der Waals surface area contributed by atoms with Gasteiger partial charge in [-0.15, -0.1) is 0 Å². The van der Waals surface area contributed by atoms with Crippen LogP contribution < -0.4 is 0 Å². The minimum absolute atomic E-state index is 0.0693. The van der Waals surface area contributed by atoms with Gasteiger partial charge >= 0.3 is 0 Å². The van der Waals surface area contributed by atoms with Gasteiger partial charge in [-0.25, -0.2) is 0 Å². The summed E-state index contributed by atoms with van der Waals surface area (Å²) in [5.41, 5.74) is 0.933. The van der Waals surface area contributed by atoms with Gasteiger partial charge in [0.15, 0.2) is 0 Å². The van der Waals surface area contributed by atoms with Gasteiger partial charge in [-0.05, 0) is 18.4 Å². The molecule has 1 aromatic carbocycles. The molecule has 1 fully saturated rings. The highest BCUT2D eigenvalue weighted by atomic mass is 16.6. The Labute approximate surface area is 93.4 Å². The number of Topliss-reactive ketones (excluding diaryl/α,β-unsaturated/α-hetero) is 1. The molecule has 0 saturated heterocycles. The number of ketones is 1. The first-order chi connectivity index (χ1) is 7.66. The largest absolute Gasteiger partial charge is 0.299 e. The first-order valence-electron chi connectivity index (χ1n) is 5.43. The third-order valence-corrected chi connectivity index (χ3v) is 3.09. The number of nitro groups is 1. The van der Waals surface area contributed by atoms with Crippen molar-refractivity contribution in [1.29, 1.82) is 0 Å². The van der Waals surface area contributed by atoms with Gasteiger partial charge < -0.3 is 0 Å². The zero-order chi connectivity index (χ0) is 11.5. The van der Waals surface area contributed by atoms with Crippen molar-refractivity contribution in [2.45, 2.75) is 25.7 Å². The standard InChI is InChI=1S/C12H13NO3/c14-12(10-2-1-3-10)8-9-4-6-11(7-5-9)13(15)16/h4-7,10H,1-3,8H2. The van der Waals surface area contributed by atoms with Crippen molar-refractivity contribution in [2.75, 3.05) is 0 Å². The molecule has 0 N–H and O–H groups in total. The second-order valence-electron chi connectivity index (χ2n) is 4.19. The first kappa shape index (κ1) is 10.8. The summed E-state index contributed by atoms with van der Waals surface area (Å²) in [6.45, 7) is 0. The Bertz CT molecular complexity index is 407. The van der Waals surface area contributed by atoms with E-state index in [0.717, 1.165) is 24.8 Å². The molecule has 0 heterocycles. The molecule has 1 saturated carbocycles. The molecule has 16 heavy (non-hydrogen) atoms. The SMILES string of the molecule is O=C(Cc1ccc([N+](=O)[O-])cc1)C1CCC1. The summed E-state index contributed by atoms with van der Waals surface area (Å²) in [5, 5.41) is 10.4. The molecule has 0 aliphatic heterocycles. The van der Waals surface area contributed by atoms with E-state index in [1.165, 1.54) is 12.1 Å². The molecule has 0 amide bonds. The fraction of sp³-hybridized carbons (Fsp3) is 0.417. The van der Waals surface area contributed by atoms with Crippen LogP contribution in [-0.2, 0) is 11.2 Å². The molecule has 1 aliphatic carbocycles. The van der Waals surface area contributed by atoms with Gasteiger partial charge in [-0.1, -0.05) is 18.6 Å². The van der Waals surface area contributed by atoms with E-state index in [9.17, 15) is 14.9 Å². The lowest BCUT2D eigenvalue weighted by Crippen LogP contribution is -2.23. The Hall–Kier alpha value is -1.71. The van der Waals surface area contributed by atoms with Crippen LogP contribution in [0.3, 0.4) is 0 Å². The quantitative estimate of drug-likeness (QED) is 0.577. The maximum Gasteiger partial charge on any atom is 0.269 e. The van der Waals surface area contributed by atoms with E-state index in [2.05, 4.69) is 0 Å². The van der Waals surface area contributed by atoms with Crippen molar-refractivity contribution in [3.8, 4) is 0 Å². The molecule has 4 nitrogen and oxygen atoms in total. The van der Waals surface area contributed by atoms with Crippen molar-refractivity contribution >= 4 is 11.5 Å². The van der Waals surface area contributed by atoms with E-state index in [-0.39, 0.29) is 17.4 Å². The number of rotatable bonds is 4. The topological polar surface area (TPSA) is 60.2 Å². The molecule has 1 aliphatic rings. The Balaban J connectivity index is 1.99. The molecule has 4 heteroatoms. The Morgan fingerprint density at radius 1 is 1.31 bits per heavy atom. The summed E-state index contributed by atoms with van der Waals surface area (Å²) >= 11 is 0. The van der Waals surface area contributed by atoms with Crippen molar-refractivity contribution < 1.29 is 9.72 Å². The van der Waals surface area contributed by atoms with Crippen LogP contribution in [0.1, 0.15) is 24.8 Å². The lowest BCUT2D eigenvalue weighted by atomic mass is 9.80. The second-order valence-corrected chi connectivity index (χ2v) is 4.19. The summed E-state index contributed by atoms with van der Waals surface area (Å²) < 4.78 is 0.